The van der Waals surface area contributed by atoms with Crippen LogP contribution < -0.4 is 10.2 Å². The van der Waals surface area contributed by atoms with Gasteiger partial charge < -0.3 is 15.3 Å². The number of phenols is 1. The zero-order chi connectivity index (χ0) is 14.4. The third-order valence-corrected chi connectivity index (χ3v) is 3.89. The van der Waals surface area contributed by atoms with Crippen LogP contribution in [-0.2, 0) is 0 Å². The number of carbonyl (C=O) groups excluding carboxylic acids is 1. The monoisotopic (exact) mass is 279 g/mol. The summed E-state index contributed by atoms with van der Waals surface area (Å²) >= 11 is 0. The Balaban J connectivity index is 1.74. The molecule has 1 amide bonds. The van der Waals surface area contributed by atoms with Gasteiger partial charge in [-0.15, -0.1) is 0 Å². The summed E-state index contributed by atoms with van der Waals surface area (Å²) in [5, 5.41) is 12.4. The lowest BCUT2D eigenvalue weighted by Crippen LogP contribution is -2.51. The van der Waals surface area contributed by atoms with Gasteiger partial charge in [-0.25, -0.2) is 0 Å². The van der Waals surface area contributed by atoms with E-state index in [1.54, 1.807) is 18.5 Å². The fourth-order valence-electron chi connectivity index (χ4n) is 2.85. The quantitative estimate of drug-likeness (QED) is 0.839. The van der Waals surface area contributed by atoms with Crippen molar-refractivity contribution in [3.63, 3.8) is 0 Å². The van der Waals surface area contributed by atoms with Crippen LogP contribution in [-0.4, -0.2) is 23.5 Å². The van der Waals surface area contributed by atoms with Crippen molar-refractivity contribution in [3.05, 3.63) is 59.7 Å². The molecule has 2 aliphatic rings. The van der Waals surface area contributed by atoms with E-state index < -0.39 is 0 Å². The van der Waals surface area contributed by atoms with Crippen LogP contribution in [0.5, 0.6) is 5.75 Å². The number of nitrogens with one attached hydrogen (secondary N) is 1. The molecule has 2 aliphatic heterocycles. The summed E-state index contributed by atoms with van der Waals surface area (Å²) in [6.45, 7) is 0. The molecule has 0 aliphatic carbocycles. The van der Waals surface area contributed by atoms with Gasteiger partial charge in [0.2, 0.25) is 0 Å². The number of para-hydroxylation sites is 1. The molecule has 2 aromatic rings. The summed E-state index contributed by atoms with van der Waals surface area (Å²) in [5.41, 5.74) is 2.49. The summed E-state index contributed by atoms with van der Waals surface area (Å²) < 4.78 is 0. The van der Waals surface area contributed by atoms with E-state index in [1.165, 1.54) is 0 Å². The van der Waals surface area contributed by atoms with E-state index in [0.29, 0.717) is 5.56 Å². The highest BCUT2D eigenvalue weighted by Crippen LogP contribution is 2.36. The Morgan fingerprint density at radius 3 is 2.67 bits per heavy atom. The Bertz CT molecular complexity index is 739. The lowest BCUT2D eigenvalue weighted by Gasteiger charge is -2.34. The lowest BCUT2D eigenvalue weighted by molar-refractivity contribution is 0.0927. The Hall–Kier alpha value is -2.82. The van der Waals surface area contributed by atoms with Crippen molar-refractivity contribution in [1.29, 1.82) is 0 Å². The smallest absolute Gasteiger partial charge is 0.255 e. The molecule has 0 saturated carbocycles. The summed E-state index contributed by atoms with van der Waals surface area (Å²) in [6.07, 6.45) is 1.54. The van der Waals surface area contributed by atoms with E-state index in [9.17, 15) is 9.90 Å². The van der Waals surface area contributed by atoms with Crippen molar-refractivity contribution in [2.24, 2.45) is 4.99 Å². The van der Waals surface area contributed by atoms with E-state index in [1.807, 2.05) is 41.3 Å². The fraction of sp³-hybridized carbons (Fsp3) is 0.125. The first-order valence-corrected chi connectivity index (χ1v) is 6.74. The summed E-state index contributed by atoms with van der Waals surface area (Å²) in [6, 6.07) is 14.2. The Kier molecular flexibility index (Phi) is 2.47. The number of hydrogen-bond donors (Lipinski definition) is 2. The molecule has 4 rings (SSSR count). The Labute approximate surface area is 121 Å². The molecular formula is C16H13N3O2. The second-order valence-electron chi connectivity index (χ2n) is 5.14. The fourth-order valence-corrected chi connectivity index (χ4v) is 2.85. The van der Waals surface area contributed by atoms with Gasteiger partial charge in [0.15, 0.2) is 0 Å². The molecule has 0 aromatic heterocycles. The summed E-state index contributed by atoms with van der Waals surface area (Å²) in [7, 11) is 0. The standard InChI is InChI=1S/C16H13N3O2/c20-11-7-5-10(6-8-11)14-15-18-16(21)12-3-1-2-4-13(12)19(15)9-17-14/h1-9,14-15,20H,(H,18,21)/t14-,15+/m0/s1. The highest BCUT2D eigenvalue weighted by molar-refractivity contribution is 6.06. The van der Waals surface area contributed by atoms with Crippen molar-refractivity contribution in [1.82, 2.24) is 5.32 Å². The van der Waals surface area contributed by atoms with Gasteiger partial charge in [0.05, 0.1) is 17.6 Å². The SMILES string of the molecule is O=C1N[C@H]2[C@H](c3ccc(O)cc3)N=CN2c2ccccc21. The number of nitrogens with zero attached hydrogens (tertiary/aromatic N) is 2. The molecule has 0 fully saturated rings. The molecule has 0 bridgehead atoms. The van der Waals surface area contributed by atoms with Gasteiger partial charge in [-0.2, -0.15) is 0 Å². The first-order chi connectivity index (χ1) is 10.2. The predicted octanol–water partition coefficient (Wildman–Crippen LogP) is 2.05. The highest BCUT2D eigenvalue weighted by Gasteiger charge is 2.39. The molecule has 0 saturated heterocycles. The number of rotatable bonds is 1. The molecule has 0 unspecified atom stereocenters. The average Bonchev–Trinajstić information content (AvgIpc) is 2.92. The second kappa shape index (κ2) is 4.34. The third kappa shape index (κ3) is 1.78. The minimum atomic E-state index is -0.225. The highest BCUT2D eigenvalue weighted by atomic mass is 16.3. The van der Waals surface area contributed by atoms with Crippen LogP contribution in [0, 0.1) is 0 Å². The molecule has 21 heavy (non-hydrogen) atoms. The number of aliphatic imine (C=N–C) groups is 1. The van der Waals surface area contributed by atoms with Gasteiger partial charge in [0.25, 0.3) is 5.91 Å². The van der Waals surface area contributed by atoms with Gasteiger partial charge >= 0.3 is 0 Å². The minimum Gasteiger partial charge on any atom is -0.508 e. The van der Waals surface area contributed by atoms with Crippen molar-refractivity contribution >= 4 is 17.9 Å². The van der Waals surface area contributed by atoms with E-state index in [-0.39, 0.29) is 23.9 Å². The lowest BCUT2D eigenvalue weighted by atomic mass is 10.0. The first kappa shape index (κ1) is 12.0. The van der Waals surface area contributed by atoms with Crippen LogP contribution in [0.15, 0.2) is 53.5 Å². The Morgan fingerprint density at radius 2 is 1.86 bits per heavy atom. The molecule has 104 valence electrons. The topological polar surface area (TPSA) is 64.9 Å². The summed E-state index contributed by atoms with van der Waals surface area (Å²) in [5.74, 6) is 0.136. The number of phenolic OH excluding ortho intramolecular Hbond substituents is 1. The number of fused-ring (bicyclic) bond motifs is 3. The number of carbonyl (C=O) groups is 1. The molecule has 2 N–H and O–H groups in total. The predicted molar refractivity (Wildman–Crippen MR) is 79.5 cm³/mol. The third-order valence-electron chi connectivity index (χ3n) is 3.89. The molecule has 2 atom stereocenters. The van der Waals surface area contributed by atoms with Crippen LogP contribution in [0.25, 0.3) is 0 Å². The zero-order valence-electron chi connectivity index (χ0n) is 11.1. The maximum Gasteiger partial charge on any atom is 0.255 e. The first-order valence-electron chi connectivity index (χ1n) is 6.74. The van der Waals surface area contributed by atoms with Gasteiger partial charge in [0.1, 0.15) is 18.0 Å². The number of amides is 1. The van der Waals surface area contributed by atoms with E-state index >= 15 is 0 Å². The summed E-state index contributed by atoms with van der Waals surface area (Å²) in [4.78, 5) is 18.7. The van der Waals surface area contributed by atoms with Gasteiger partial charge in [-0.3, -0.25) is 9.79 Å². The number of anilines is 1. The zero-order valence-corrected chi connectivity index (χ0v) is 11.1. The number of hydrogen-bond acceptors (Lipinski definition) is 4. The van der Waals surface area contributed by atoms with Crippen LogP contribution in [0.1, 0.15) is 22.0 Å². The van der Waals surface area contributed by atoms with E-state index in [4.69, 9.17) is 0 Å². The molecule has 0 radical (unpaired) electrons. The molecule has 0 spiro atoms. The number of benzene rings is 2. The van der Waals surface area contributed by atoms with Crippen molar-refractivity contribution in [2.45, 2.75) is 12.2 Å². The van der Waals surface area contributed by atoms with Crippen LogP contribution in [0.4, 0.5) is 5.69 Å². The maximum atomic E-state index is 12.2. The largest absolute Gasteiger partial charge is 0.508 e. The van der Waals surface area contributed by atoms with E-state index in [2.05, 4.69) is 10.3 Å². The van der Waals surface area contributed by atoms with Crippen LogP contribution in [0.3, 0.4) is 0 Å². The normalized spacial score (nSPS) is 22.7. The van der Waals surface area contributed by atoms with Crippen molar-refractivity contribution in [2.75, 3.05) is 4.90 Å². The minimum absolute atomic E-state index is 0.0823. The second-order valence-corrected chi connectivity index (χ2v) is 5.14. The van der Waals surface area contributed by atoms with Crippen LogP contribution in [0.2, 0.25) is 0 Å². The molecule has 2 heterocycles. The molecule has 5 heteroatoms. The van der Waals surface area contributed by atoms with Gasteiger partial charge in [-0.05, 0) is 29.8 Å². The number of aromatic hydroxyl groups is 1. The molecule has 5 nitrogen and oxygen atoms in total. The van der Waals surface area contributed by atoms with Crippen LogP contribution >= 0.6 is 0 Å². The van der Waals surface area contributed by atoms with Crippen molar-refractivity contribution in [3.8, 4) is 5.75 Å². The average molecular weight is 279 g/mol. The maximum absolute atomic E-state index is 12.2. The van der Waals surface area contributed by atoms with Gasteiger partial charge in [0, 0.05) is 0 Å². The van der Waals surface area contributed by atoms with Crippen molar-refractivity contribution < 1.29 is 9.90 Å². The molecular weight excluding hydrogens is 266 g/mol. The van der Waals surface area contributed by atoms with E-state index in [0.717, 1.165) is 11.3 Å². The Morgan fingerprint density at radius 1 is 1.10 bits per heavy atom. The van der Waals surface area contributed by atoms with Gasteiger partial charge in [-0.1, -0.05) is 24.3 Å². The molecule has 2 aromatic carbocycles.